The van der Waals surface area contributed by atoms with Gasteiger partial charge in [-0.05, 0) is 49.4 Å². The van der Waals surface area contributed by atoms with E-state index in [-0.39, 0.29) is 25.3 Å². The Morgan fingerprint density at radius 1 is 1.07 bits per heavy atom. The molecule has 8 heteroatoms. The van der Waals surface area contributed by atoms with E-state index in [1.165, 1.54) is 35.0 Å². The average molecular weight is 398 g/mol. The average Bonchev–Trinajstić information content (AvgIpc) is 2.70. The van der Waals surface area contributed by atoms with Crippen LogP contribution in [-0.2, 0) is 20.9 Å². The van der Waals surface area contributed by atoms with Crippen LogP contribution >= 0.6 is 0 Å². The van der Waals surface area contributed by atoms with Crippen LogP contribution in [0.5, 0.6) is 5.75 Å². The van der Waals surface area contributed by atoms with Gasteiger partial charge in [-0.3, -0.25) is 9.59 Å². The summed E-state index contributed by atoms with van der Waals surface area (Å²) >= 11 is 0. The number of hydrogen-bond donors (Lipinski definition) is 1. The van der Waals surface area contributed by atoms with Crippen LogP contribution in [0.15, 0.2) is 59.5 Å². The van der Waals surface area contributed by atoms with Gasteiger partial charge in [0.1, 0.15) is 18.1 Å². The number of carbonyl (C=O) groups excluding carboxylic acids is 2. The molecule has 0 fully saturated rings. The standard InChI is InChI=1S/C21H19FN2O5/c1-2-28-20(26)13-29-18-5-3-4-17-16(18)10-11-24(21(17)27)12-19(25)23-15-8-6-14(22)7-9-15/h3-11H,2,12-13H2,1H3,(H,23,25). The Hall–Kier alpha value is -3.68. The quantitative estimate of drug-likeness (QED) is 0.619. The third-order valence-electron chi connectivity index (χ3n) is 4.07. The fraction of sp³-hybridized carbons (Fsp3) is 0.190. The van der Waals surface area contributed by atoms with E-state index in [1.807, 2.05) is 0 Å². The predicted octanol–water partition coefficient (Wildman–Crippen LogP) is 2.72. The Bertz CT molecular complexity index is 1090. The van der Waals surface area contributed by atoms with Crippen molar-refractivity contribution < 1.29 is 23.5 Å². The molecule has 2 aromatic carbocycles. The maximum atomic E-state index is 12.9. The lowest BCUT2D eigenvalue weighted by Gasteiger charge is -2.11. The highest BCUT2D eigenvalue weighted by molar-refractivity contribution is 5.91. The molecule has 0 radical (unpaired) electrons. The molecule has 0 bridgehead atoms. The molecule has 1 heterocycles. The third kappa shape index (κ3) is 4.98. The lowest BCUT2D eigenvalue weighted by atomic mass is 10.1. The predicted molar refractivity (Wildman–Crippen MR) is 105 cm³/mol. The van der Waals surface area contributed by atoms with Gasteiger partial charge in [0.25, 0.3) is 5.56 Å². The zero-order valence-corrected chi connectivity index (χ0v) is 15.7. The summed E-state index contributed by atoms with van der Waals surface area (Å²) in [7, 11) is 0. The van der Waals surface area contributed by atoms with E-state index in [2.05, 4.69) is 5.32 Å². The molecule has 150 valence electrons. The molecule has 0 saturated heterocycles. The van der Waals surface area contributed by atoms with Gasteiger partial charge in [-0.1, -0.05) is 6.07 Å². The number of esters is 1. The van der Waals surface area contributed by atoms with Gasteiger partial charge < -0.3 is 19.4 Å². The molecule has 0 saturated carbocycles. The van der Waals surface area contributed by atoms with Crippen molar-refractivity contribution in [3.05, 3.63) is 70.9 Å². The zero-order chi connectivity index (χ0) is 20.8. The topological polar surface area (TPSA) is 86.6 Å². The highest BCUT2D eigenvalue weighted by atomic mass is 19.1. The van der Waals surface area contributed by atoms with Crippen LogP contribution in [-0.4, -0.2) is 29.7 Å². The number of halogens is 1. The molecule has 0 atom stereocenters. The van der Waals surface area contributed by atoms with Crippen molar-refractivity contribution in [3.63, 3.8) is 0 Å². The van der Waals surface area contributed by atoms with Crippen molar-refractivity contribution >= 4 is 28.3 Å². The molecule has 3 aromatic rings. The number of benzene rings is 2. The highest BCUT2D eigenvalue weighted by Crippen LogP contribution is 2.23. The maximum absolute atomic E-state index is 12.9. The van der Waals surface area contributed by atoms with Crippen LogP contribution in [0.2, 0.25) is 0 Å². The van der Waals surface area contributed by atoms with Crippen molar-refractivity contribution in [1.29, 1.82) is 0 Å². The summed E-state index contributed by atoms with van der Waals surface area (Å²) in [4.78, 5) is 36.4. The van der Waals surface area contributed by atoms with E-state index in [1.54, 1.807) is 31.2 Å². The minimum atomic E-state index is -0.504. The van der Waals surface area contributed by atoms with Gasteiger partial charge in [-0.2, -0.15) is 0 Å². The molecule has 0 aliphatic rings. The molecule has 0 spiro atoms. The monoisotopic (exact) mass is 398 g/mol. The van der Waals surface area contributed by atoms with Crippen LogP contribution < -0.4 is 15.6 Å². The molecule has 0 unspecified atom stereocenters. The van der Waals surface area contributed by atoms with Crippen LogP contribution in [0.4, 0.5) is 10.1 Å². The Kier molecular flexibility index (Phi) is 6.23. The normalized spacial score (nSPS) is 10.6. The van der Waals surface area contributed by atoms with Crippen molar-refractivity contribution in [1.82, 2.24) is 4.57 Å². The smallest absolute Gasteiger partial charge is 0.344 e. The molecule has 3 rings (SSSR count). The van der Waals surface area contributed by atoms with E-state index in [4.69, 9.17) is 9.47 Å². The Balaban J connectivity index is 1.77. The molecule has 7 nitrogen and oxygen atoms in total. The molecule has 1 aromatic heterocycles. The summed E-state index contributed by atoms with van der Waals surface area (Å²) in [5, 5.41) is 3.48. The lowest BCUT2D eigenvalue weighted by molar-refractivity contribution is -0.145. The first-order valence-corrected chi connectivity index (χ1v) is 8.94. The second-order valence-corrected chi connectivity index (χ2v) is 6.11. The summed E-state index contributed by atoms with van der Waals surface area (Å²) in [5.41, 5.74) is 0.0539. The number of hydrogen-bond acceptors (Lipinski definition) is 5. The summed E-state index contributed by atoms with van der Waals surface area (Å²) in [6, 6.07) is 11.9. The van der Waals surface area contributed by atoms with Crippen LogP contribution in [0.25, 0.3) is 10.8 Å². The van der Waals surface area contributed by atoms with Crippen LogP contribution in [0, 0.1) is 5.82 Å². The minimum absolute atomic E-state index is 0.208. The Morgan fingerprint density at radius 2 is 1.83 bits per heavy atom. The summed E-state index contributed by atoms with van der Waals surface area (Å²) in [6.45, 7) is 1.48. The molecule has 1 N–H and O–H groups in total. The largest absolute Gasteiger partial charge is 0.481 e. The second kappa shape index (κ2) is 9.01. The van der Waals surface area contributed by atoms with Gasteiger partial charge >= 0.3 is 5.97 Å². The van der Waals surface area contributed by atoms with Crippen molar-refractivity contribution in [2.24, 2.45) is 0 Å². The number of nitrogens with zero attached hydrogens (tertiary/aromatic N) is 1. The van der Waals surface area contributed by atoms with Crippen LogP contribution in [0.1, 0.15) is 6.92 Å². The van der Waals surface area contributed by atoms with E-state index in [9.17, 15) is 18.8 Å². The number of rotatable bonds is 7. The van der Waals surface area contributed by atoms with Gasteiger partial charge in [0, 0.05) is 17.3 Å². The number of aromatic nitrogens is 1. The van der Waals surface area contributed by atoms with Crippen molar-refractivity contribution in [3.8, 4) is 5.75 Å². The molecule has 0 aliphatic carbocycles. The molecule has 0 aliphatic heterocycles. The van der Waals surface area contributed by atoms with Gasteiger partial charge in [0.2, 0.25) is 5.91 Å². The maximum Gasteiger partial charge on any atom is 0.344 e. The van der Waals surface area contributed by atoms with E-state index >= 15 is 0 Å². The van der Waals surface area contributed by atoms with E-state index < -0.39 is 17.7 Å². The molecular formula is C21H19FN2O5. The van der Waals surface area contributed by atoms with Crippen molar-refractivity contribution in [2.45, 2.75) is 13.5 Å². The third-order valence-corrected chi connectivity index (χ3v) is 4.07. The number of amides is 1. The number of carbonyl (C=O) groups is 2. The van der Waals surface area contributed by atoms with Crippen molar-refractivity contribution in [2.75, 3.05) is 18.5 Å². The number of pyridine rings is 1. The Labute approximate surface area is 165 Å². The van der Waals surface area contributed by atoms with Gasteiger partial charge in [0.05, 0.1) is 12.0 Å². The SMILES string of the molecule is CCOC(=O)COc1cccc2c(=O)n(CC(=O)Nc3ccc(F)cc3)ccc12. The van der Waals surface area contributed by atoms with E-state index in [0.717, 1.165) is 0 Å². The minimum Gasteiger partial charge on any atom is -0.481 e. The number of ether oxygens (including phenoxy) is 2. The lowest BCUT2D eigenvalue weighted by Crippen LogP contribution is -2.27. The number of anilines is 1. The first-order chi connectivity index (χ1) is 14.0. The number of fused-ring (bicyclic) bond motifs is 1. The molecule has 1 amide bonds. The summed E-state index contributed by atoms with van der Waals surface area (Å²) in [6.07, 6.45) is 1.48. The van der Waals surface area contributed by atoms with E-state index in [0.29, 0.717) is 22.2 Å². The van der Waals surface area contributed by atoms with Gasteiger partial charge in [0.15, 0.2) is 6.61 Å². The first kappa shape index (κ1) is 20.1. The first-order valence-electron chi connectivity index (χ1n) is 8.94. The van der Waals surface area contributed by atoms with Gasteiger partial charge in [-0.25, -0.2) is 9.18 Å². The highest BCUT2D eigenvalue weighted by Gasteiger charge is 2.12. The van der Waals surface area contributed by atoms with Gasteiger partial charge in [-0.15, -0.1) is 0 Å². The second-order valence-electron chi connectivity index (χ2n) is 6.11. The van der Waals surface area contributed by atoms with Crippen LogP contribution in [0.3, 0.4) is 0 Å². The summed E-state index contributed by atoms with van der Waals surface area (Å²) in [5.74, 6) is -0.964. The fourth-order valence-electron chi connectivity index (χ4n) is 2.77. The summed E-state index contributed by atoms with van der Waals surface area (Å²) < 4.78 is 24.5. The molecule has 29 heavy (non-hydrogen) atoms. The Morgan fingerprint density at radius 3 is 2.55 bits per heavy atom. The molecular weight excluding hydrogens is 379 g/mol. The number of nitrogens with one attached hydrogen (secondary N) is 1. The fourth-order valence-corrected chi connectivity index (χ4v) is 2.77. The zero-order valence-electron chi connectivity index (χ0n) is 15.7.